The summed E-state index contributed by atoms with van der Waals surface area (Å²) in [5.41, 5.74) is 0.162. The van der Waals surface area contributed by atoms with Crippen LogP contribution in [0.25, 0.3) is 0 Å². The van der Waals surface area contributed by atoms with Crippen LogP contribution < -0.4 is 4.73 Å². The second kappa shape index (κ2) is 5.93. The Hall–Kier alpha value is -0.980. The maximum Gasteiger partial charge on any atom is 0.406 e. The first-order chi connectivity index (χ1) is 7.61. The van der Waals surface area contributed by atoms with Gasteiger partial charge in [-0.3, -0.25) is 0 Å². The monoisotopic (exact) mass is 263 g/mol. The molecule has 5 nitrogen and oxygen atoms in total. The molecule has 0 saturated carbocycles. The normalized spacial score (nSPS) is 10.2. The lowest BCUT2D eigenvalue weighted by atomic mass is 10.3. The smallest absolute Gasteiger partial charge is 0.406 e. The first-order valence-electron chi connectivity index (χ1n) is 4.26. The predicted octanol–water partition coefficient (Wildman–Crippen LogP) is 1.55. The largest absolute Gasteiger partial charge is 0.618 e. The summed E-state index contributed by atoms with van der Waals surface area (Å²) in [5.74, 6) is -0.439. The van der Waals surface area contributed by atoms with Crippen molar-refractivity contribution in [1.82, 2.24) is 0 Å². The molecular formula is C9H10ClNO4S. The second-order valence-corrected chi connectivity index (χ2v) is 4.00. The Balaban J connectivity index is 3.11. The maximum atomic E-state index is 11.8. The Labute approximate surface area is 102 Å². The first kappa shape index (κ1) is 13.1. The van der Waals surface area contributed by atoms with E-state index in [1.54, 1.807) is 0 Å². The lowest BCUT2D eigenvalue weighted by Gasteiger charge is -2.08. The van der Waals surface area contributed by atoms with Crippen LogP contribution in [0.4, 0.5) is 0 Å². The van der Waals surface area contributed by atoms with Crippen LogP contribution in [-0.4, -0.2) is 20.2 Å². The number of carbonyl (C=O) groups excluding carboxylic acids is 1. The minimum Gasteiger partial charge on any atom is -0.618 e. The number of carbonyl (C=O) groups is 1. The van der Waals surface area contributed by atoms with Gasteiger partial charge in [-0.05, 0) is 6.07 Å². The first-order valence-corrected chi connectivity index (χ1v) is 5.55. The Kier molecular flexibility index (Phi) is 4.85. The van der Waals surface area contributed by atoms with Gasteiger partial charge in [-0.15, -0.1) is 0 Å². The molecule has 0 aliphatic carbocycles. The van der Waals surface area contributed by atoms with Crippen molar-refractivity contribution >= 4 is 29.6 Å². The number of nitrogens with zero attached hydrogens (tertiary/aromatic N) is 1. The van der Waals surface area contributed by atoms with Gasteiger partial charge >= 0.3 is 11.7 Å². The molecule has 1 aromatic rings. The molecule has 0 aliphatic heterocycles. The van der Waals surface area contributed by atoms with Crippen LogP contribution in [0.1, 0.15) is 16.2 Å². The number of esters is 1. The summed E-state index contributed by atoms with van der Waals surface area (Å²) in [6.45, 7) is 0. The number of aromatic nitrogens is 1. The highest BCUT2D eigenvalue weighted by molar-refractivity contribution is 7.93. The van der Waals surface area contributed by atoms with Crippen molar-refractivity contribution in [1.29, 1.82) is 0 Å². The Bertz CT molecular complexity index is 399. The van der Waals surface area contributed by atoms with Gasteiger partial charge in [0.05, 0.1) is 14.2 Å². The van der Waals surface area contributed by atoms with E-state index in [-0.39, 0.29) is 10.7 Å². The van der Waals surface area contributed by atoms with Crippen molar-refractivity contribution in [3.8, 4) is 0 Å². The fourth-order valence-corrected chi connectivity index (χ4v) is 1.73. The summed E-state index contributed by atoms with van der Waals surface area (Å²) in [6, 6.07) is 3.02. The van der Waals surface area contributed by atoms with Crippen molar-refractivity contribution in [3.05, 3.63) is 33.8 Å². The SMILES string of the molecule is COSCc1ccc(Cl)c(C(=O)OC)[n+]1[O-]. The average Bonchev–Trinajstić information content (AvgIpc) is 2.28. The lowest BCUT2D eigenvalue weighted by molar-refractivity contribution is -0.615. The predicted molar refractivity (Wildman–Crippen MR) is 60.1 cm³/mol. The average molecular weight is 264 g/mol. The van der Waals surface area contributed by atoms with E-state index < -0.39 is 5.97 Å². The summed E-state index contributed by atoms with van der Waals surface area (Å²) in [5, 5.41) is 11.8. The summed E-state index contributed by atoms with van der Waals surface area (Å²) >= 11 is 6.84. The third-order valence-electron chi connectivity index (χ3n) is 1.82. The Morgan fingerprint density at radius 1 is 1.56 bits per heavy atom. The molecule has 0 radical (unpaired) electrons. The summed E-state index contributed by atoms with van der Waals surface area (Å²) in [4.78, 5) is 11.3. The zero-order chi connectivity index (χ0) is 12.1. The van der Waals surface area contributed by atoms with Crippen LogP contribution in [0.3, 0.4) is 0 Å². The lowest BCUT2D eigenvalue weighted by Crippen LogP contribution is -2.39. The van der Waals surface area contributed by atoms with E-state index in [2.05, 4.69) is 4.74 Å². The number of pyridine rings is 1. The minimum absolute atomic E-state index is 0.0630. The van der Waals surface area contributed by atoms with Crippen LogP contribution in [-0.2, 0) is 14.7 Å². The maximum absolute atomic E-state index is 11.8. The molecular weight excluding hydrogens is 254 g/mol. The minimum atomic E-state index is -0.760. The molecule has 0 N–H and O–H groups in total. The summed E-state index contributed by atoms with van der Waals surface area (Å²) < 4.78 is 9.71. The van der Waals surface area contributed by atoms with Crippen LogP contribution >= 0.6 is 23.6 Å². The third-order valence-corrected chi connectivity index (χ3v) is 2.77. The second-order valence-electron chi connectivity index (χ2n) is 2.74. The van der Waals surface area contributed by atoms with Crippen LogP contribution in [0, 0.1) is 5.21 Å². The highest BCUT2D eigenvalue weighted by Crippen LogP contribution is 2.16. The number of halogens is 1. The van der Waals surface area contributed by atoms with Gasteiger partial charge in [0.1, 0.15) is 10.8 Å². The van der Waals surface area contributed by atoms with E-state index in [1.165, 1.54) is 26.4 Å². The molecule has 0 unspecified atom stereocenters. The van der Waals surface area contributed by atoms with Gasteiger partial charge in [-0.1, -0.05) is 11.6 Å². The van der Waals surface area contributed by atoms with Gasteiger partial charge in [0.2, 0.25) is 5.69 Å². The molecule has 16 heavy (non-hydrogen) atoms. The number of methoxy groups -OCH3 is 1. The third kappa shape index (κ3) is 2.78. The van der Waals surface area contributed by atoms with Crippen LogP contribution in [0.2, 0.25) is 5.02 Å². The molecule has 0 aliphatic rings. The molecule has 0 amide bonds. The number of hydrogen-bond donors (Lipinski definition) is 0. The van der Waals surface area contributed by atoms with Crippen molar-refractivity contribution in [2.75, 3.05) is 14.2 Å². The number of hydrogen-bond acceptors (Lipinski definition) is 5. The van der Waals surface area contributed by atoms with Crippen molar-refractivity contribution in [3.63, 3.8) is 0 Å². The molecule has 0 bridgehead atoms. The Morgan fingerprint density at radius 2 is 2.25 bits per heavy atom. The zero-order valence-corrected chi connectivity index (χ0v) is 10.3. The van der Waals surface area contributed by atoms with E-state index in [1.807, 2.05) is 0 Å². The fourth-order valence-electron chi connectivity index (χ4n) is 1.06. The molecule has 7 heteroatoms. The molecule has 1 heterocycles. The van der Waals surface area contributed by atoms with Crippen molar-refractivity contribution in [2.45, 2.75) is 5.75 Å². The van der Waals surface area contributed by atoms with Gasteiger partial charge in [0.15, 0.2) is 0 Å². The topological polar surface area (TPSA) is 62.5 Å². The van der Waals surface area contributed by atoms with E-state index >= 15 is 0 Å². The molecule has 0 fully saturated rings. The molecule has 0 aromatic carbocycles. The Morgan fingerprint density at radius 3 is 2.81 bits per heavy atom. The van der Waals surface area contributed by atoms with Crippen molar-refractivity contribution < 1.29 is 18.4 Å². The molecule has 1 rings (SSSR count). The molecule has 0 atom stereocenters. The van der Waals surface area contributed by atoms with Crippen molar-refractivity contribution in [2.24, 2.45) is 0 Å². The zero-order valence-electron chi connectivity index (χ0n) is 8.73. The standard InChI is InChI=1S/C9H10ClNO4S/c1-14-9(12)8-7(10)4-3-6(11(8)13)5-16-15-2/h3-4H,5H2,1-2H3. The van der Waals surface area contributed by atoms with Crippen LogP contribution in [0.5, 0.6) is 0 Å². The highest BCUT2D eigenvalue weighted by Gasteiger charge is 2.24. The molecule has 0 spiro atoms. The molecule has 1 aromatic heterocycles. The van der Waals surface area contributed by atoms with E-state index in [0.29, 0.717) is 16.2 Å². The van der Waals surface area contributed by atoms with Crippen LogP contribution in [0.15, 0.2) is 12.1 Å². The van der Waals surface area contributed by atoms with Gasteiger partial charge in [0.25, 0.3) is 0 Å². The van der Waals surface area contributed by atoms with Gasteiger partial charge in [-0.2, -0.15) is 4.73 Å². The van der Waals surface area contributed by atoms with E-state index in [9.17, 15) is 10.0 Å². The van der Waals surface area contributed by atoms with Gasteiger partial charge in [0, 0.05) is 18.1 Å². The molecule has 0 saturated heterocycles. The van der Waals surface area contributed by atoms with Gasteiger partial charge in [-0.25, -0.2) is 4.79 Å². The molecule has 88 valence electrons. The van der Waals surface area contributed by atoms with E-state index in [0.717, 1.165) is 12.0 Å². The quantitative estimate of drug-likeness (QED) is 0.357. The fraction of sp³-hybridized carbons (Fsp3) is 0.333. The van der Waals surface area contributed by atoms with E-state index in [4.69, 9.17) is 15.8 Å². The van der Waals surface area contributed by atoms with Gasteiger partial charge < -0.3 is 14.1 Å². The number of rotatable bonds is 4. The number of ether oxygens (including phenoxy) is 1. The summed E-state index contributed by atoms with van der Waals surface area (Å²) in [7, 11) is 2.69. The highest BCUT2D eigenvalue weighted by atomic mass is 35.5. The summed E-state index contributed by atoms with van der Waals surface area (Å²) in [6.07, 6.45) is 0.